The fraction of sp³-hybridized carbons (Fsp3) is 0.300. The Balaban J connectivity index is 2.06. The van der Waals surface area contributed by atoms with Crippen LogP contribution in [0.5, 0.6) is 5.75 Å². The lowest BCUT2D eigenvalue weighted by Crippen LogP contribution is -2.27. The summed E-state index contributed by atoms with van der Waals surface area (Å²) in [5.74, 6) is -1.24. The second-order valence-corrected chi connectivity index (χ2v) is 4.85. The number of ether oxygens (including phenoxy) is 1. The van der Waals surface area contributed by atoms with Crippen LogP contribution in [0.3, 0.4) is 0 Å². The van der Waals surface area contributed by atoms with Gasteiger partial charge in [-0.3, -0.25) is 0 Å². The first-order chi connectivity index (χ1) is 8.37. The number of halogens is 1. The van der Waals surface area contributed by atoms with Gasteiger partial charge in [-0.2, -0.15) is 8.42 Å². The van der Waals surface area contributed by atoms with Crippen LogP contribution in [0.2, 0.25) is 0 Å². The van der Waals surface area contributed by atoms with Crippen LogP contribution in [0.15, 0.2) is 18.2 Å². The van der Waals surface area contributed by atoms with Crippen molar-refractivity contribution in [3.05, 3.63) is 29.6 Å². The molecule has 0 radical (unpaired) electrons. The monoisotopic (exact) mass is 276 g/mol. The van der Waals surface area contributed by atoms with E-state index in [-0.39, 0.29) is 5.75 Å². The Bertz CT molecular complexity index is 582. The van der Waals surface area contributed by atoms with E-state index in [1.165, 1.54) is 19.1 Å². The molecule has 0 N–H and O–H groups in total. The highest BCUT2D eigenvalue weighted by molar-refractivity contribution is 7.82. The van der Waals surface area contributed by atoms with Gasteiger partial charge in [-0.15, -0.1) is 0 Å². The summed E-state index contributed by atoms with van der Waals surface area (Å²) in [7, 11) is -4.11. The predicted molar refractivity (Wildman–Crippen MR) is 56.5 cm³/mol. The van der Waals surface area contributed by atoms with Crippen molar-refractivity contribution in [3.63, 3.8) is 0 Å². The maximum Gasteiger partial charge on any atom is 0.400 e. The third kappa shape index (κ3) is 2.84. The van der Waals surface area contributed by atoms with Crippen molar-refractivity contribution in [2.75, 3.05) is 6.61 Å². The summed E-state index contributed by atoms with van der Waals surface area (Å²) in [4.78, 5) is 11.5. The Morgan fingerprint density at radius 2 is 2.22 bits per heavy atom. The van der Waals surface area contributed by atoms with Gasteiger partial charge in [0.2, 0.25) is 6.10 Å². The quantitative estimate of drug-likeness (QED) is 0.584. The summed E-state index contributed by atoms with van der Waals surface area (Å²) in [6.45, 7) is 1.08. The summed E-state index contributed by atoms with van der Waals surface area (Å²) < 4.78 is 48.0. The zero-order valence-corrected chi connectivity index (χ0v) is 10.1. The third-order valence-corrected chi connectivity index (χ3v) is 3.10. The molecule has 8 heteroatoms. The fourth-order valence-electron chi connectivity index (χ4n) is 1.31. The molecule has 1 unspecified atom stereocenters. The highest BCUT2D eigenvalue weighted by Gasteiger charge is 2.36. The standard InChI is InChI=1S/C10H9FO6S/c1-6-4-7(2-3-8(6)11)16-10(12)9-5-15-18(13,14)17-9/h2-4,9H,5H2,1H3. The van der Waals surface area contributed by atoms with Gasteiger partial charge in [0.05, 0.1) is 0 Å². The number of benzene rings is 1. The molecule has 98 valence electrons. The van der Waals surface area contributed by atoms with Crippen molar-refractivity contribution in [1.29, 1.82) is 0 Å². The van der Waals surface area contributed by atoms with Crippen molar-refractivity contribution in [1.82, 2.24) is 0 Å². The lowest BCUT2D eigenvalue weighted by molar-refractivity contribution is -0.141. The first-order valence-electron chi connectivity index (χ1n) is 4.93. The summed E-state index contributed by atoms with van der Waals surface area (Å²) in [6.07, 6.45) is -1.33. The van der Waals surface area contributed by atoms with E-state index < -0.39 is 34.9 Å². The topological polar surface area (TPSA) is 78.9 Å². The van der Waals surface area contributed by atoms with E-state index >= 15 is 0 Å². The van der Waals surface area contributed by atoms with Gasteiger partial charge in [-0.1, -0.05) is 0 Å². The maximum atomic E-state index is 13.0. The SMILES string of the molecule is Cc1cc(OC(=O)C2COS(=O)(=O)O2)ccc1F. The molecule has 0 saturated carbocycles. The van der Waals surface area contributed by atoms with Crippen molar-refractivity contribution in [2.24, 2.45) is 0 Å². The van der Waals surface area contributed by atoms with Crippen LogP contribution < -0.4 is 4.74 Å². The summed E-state index contributed by atoms with van der Waals surface area (Å²) in [5, 5.41) is 0. The Hall–Kier alpha value is -1.51. The van der Waals surface area contributed by atoms with Crippen LogP contribution in [0.25, 0.3) is 0 Å². The van der Waals surface area contributed by atoms with E-state index in [0.717, 1.165) is 6.07 Å². The molecular formula is C10H9FO6S. The van der Waals surface area contributed by atoms with Crippen LogP contribution in [0, 0.1) is 12.7 Å². The molecule has 0 spiro atoms. The molecule has 0 bridgehead atoms. The van der Waals surface area contributed by atoms with Crippen molar-refractivity contribution >= 4 is 16.4 Å². The third-order valence-electron chi connectivity index (χ3n) is 2.21. The molecule has 1 heterocycles. The van der Waals surface area contributed by atoms with Gasteiger partial charge in [0, 0.05) is 0 Å². The van der Waals surface area contributed by atoms with Gasteiger partial charge < -0.3 is 4.74 Å². The first kappa shape index (κ1) is 12.9. The smallest absolute Gasteiger partial charge is 0.400 e. The second-order valence-electron chi connectivity index (χ2n) is 3.61. The van der Waals surface area contributed by atoms with Crippen molar-refractivity contribution in [3.8, 4) is 5.75 Å². The van der Waals surface area contributed by atoms with Crippen LogP contribution in [-0.4, -0.2) is 27.1 Å². The number of carbonyl (C=O) groups is 1. The van der Waals surface area contributed by atoms with Crippen LogP contribution in [-0.2, 0) is 23.6 Å². The maximum absolute atomic E-state index is 13.0. The van der Waals surface area contributed by atoms with Gasteiger partial charge in [-0.25, -0.2) is 17.6 Å². The minimum atomic E-state index is -4.11. The fourth-order valence-corrected chi connectivity index (χ4v) is 2.08. The Kier molecular flexibility index (Phi) is 3.33. The highest BCUT2D eigenvalue weighted by atomic mass is 32.3. The second kappa shape index (κ2) is 4.63. The van der Waals surface area contributed by atoms with Gasteiger partial charge in [0.1, 0.15) is 18.2 Å². The van der Waals surface area contributed by atoms with Crippen LogP contribution in [0.1, 0.15) is 5.56 Å². The van der Waals surface area contributed by atoms with E-state index in [9.17, 15) is 17.6 Å². The molecule has 0 amide bonds. The zero-order valence-electron chi connectivity index (χ0n) is 9.25. The minimum absolute atomic E-state index is 0.104. The van der Waals surface area contributed by atoms with Gasteiger partial charge in [0.25, 0.3) is 0 Å². The molecule has 1 aliphatic heterocycles. The first-order valence-corrected chi connectivity index (χ1v) is 6.26. The lowest BCUT2D eigenvalue weighted by Gasteiger charge is -2.07. The largest absolute Gasteiger partial charge is 0.424 e. The number of rotatable bonds is 2. The van der Waals surface area contributed by atoms with E-state index in [1.807, 2.05) is 0 Å². The Morgan fingerprint density at radius 3 is 2.78 bits per heavy atom. The molecule has 0 aromatic heterocycles. The molecule has 2 rings (SSSR count). The Morgan fingerprint density at radius 1 is 1.50 bits per heavy atom. The number of hydrogen-bond acceptors (Lipinski definition) is 6. The minimum Gasteiger partial charge on any atom is -0.424 e. The van der Waals surface area contributed by atoms with Gasteiger partial charge in [-0.05, 0) is 30.7 Å². The van der Waals surface area contributed by atoms with E-state index in [1.54, 1.807) is 0 Å². The lowest BCUT2D eigenvalue weighted by atomic mass is 10.2. The predicted octanol–water partition coefficient (Wildman–Crippen LogP) is 0.700. The Labute approximate surface area is 103 Å². The average Bonchev–Trinajstić information content (AvgIpc) is 2.64. The van der Waals surface area contributed by atoms with Crippen molar-refractivity contribution < 1.29 is 30.7 Å². The molecular weight excluding hydrogens is 267 g/mol. The molecule has 18 heavy (non-hydrogen) atoms. The van der Waals surface area contributed by atoms with Gasteiger partial charge >= 0.3 is 16.4 Å². The summed E-state index contributed by atoms with van der Waals surface area (Å²) in [6, 6.07) is 3.71. The number of aryl methyl sites for hydroxylation is 1. The molecule has 1 aromatic carbocycles. The molecule has 1 fully saturated rings. The molecule has 0 aliphatic carbocycles. The molecule has 1 aromatic rings. The van der Waals surface area contributed by atoms with Gasteiger partial charge in [0.15, 0.2) is 0 Å². The van der Waals surface area contributed by atoms with E-state index in [4.69, 9.17) is 4.74 Å². The van der Waals surface area contributed by atoms with Crippen LogP contribution in [0.4, 0.5) is 4.39 Å². The summed E-state index contributed by atoms with van der Waals surface area (Å²) >= 11 is 0. The molecule has 1 saturated heterocycles. The van der Waals surface area contributed by atoms with E-state index in [2.05, 4.69) is 8.37 Å². The number of esters is 1. The molecule has 1 aliphatic rings. The van der Waals surface area contributed by atoms with Crippen molar-refractivity contribution in [2.45, 2.75) is 13.0 Å². The average molecular weight is 276 g/mol. The highest BCUT2D eigenvalue weighted by Crippen LogP contribution is 2.19. The zero-order chi connectivity index (χ0) is 13.3. The molecule has 6 nitrogen and oxygen atoms in total. The number of carbonyl (C=O) groups excluding carboxylic acids is 1. The molecule has 1 atom stereocenters. The van der Waals surface area contributed by atoms with Crippen LogP contribution >= 0.6 is 0 Å². The normalized spacial score (nSPS) is 21.8. The summed E-state index contributed by atoms with van der Waals surface area (Å²) in [5.41, 5.74) is 0.302. The van der Waals surface area contributed by atoms with E-state index in [0.29, 0.717) is 5.56 Å². The number of hydrogen-bond donors (Lipinski definition) is 0.